The monoisotopic (exact) mass is 310 g/mol. The van der Waals surface area contributed by atoms with Crippen LogP contribution in [0.3, 0.4) is 0 Å². The molecule has 0 spiro atoms. The Hall–Kier alpha value is 0. The van der Waals surface area contributed by atoms with Gasteiger partial charge in [-0.05, 0) is 42.4 Å². The molecule has 0 fully saturated rings. The molecule has 0 nitrogen and oxygen atoms in total. The van der Waals surface area contributed by atoms with Crippen LogP contribution in [0.2, 0.25) is 0 Å². The molecule has 0 bridgehead atoms. The number of hydrogen-bond acceptors (Lipinski definition) is 0. The molecule has 0 rings (SSSR count). The molecule has 0 aliphatic rings. The van der Waals surface area contributed by atoms with E-state index in [1.807, 2.05) is 0 Å². The van der Waals surface area contributed by atoms with Gasteiger partial charge in [0.05, 0.1) is 0 Å². The van der Waals surface area contributed by atoms with Crippen LogP contribution in [-0.4, -0.2) is 0 Å². The molecule has 134 valence electrons. The Balaban J connectivity index is 4.06. The summed E-state index contributed by atoms with van der Waals surface area (Å²) in [5.41, 5.74) is 0. The largest absolute Gasteiger partial charge is 0.0651 e. The maximum absolute atomic E-state index is 2.50. The molecule has 0 saturated carbocycles. The minimum Gasteiger partial charge on any atom is -0.0651 e. The van der Waals surface area contributed by atoms with E-state index in [4.69, 9.17) is 0 Å². The molecule has 0 N–H and O–H groups in total. The van der Waals surface area contributed by atoms with E-state index in [1.165, 1.54) is 64.2 Å². The van der Waals surface area contributed by atoms with Gasteiger partial charge in [0.25, 0.3) is 0 Å². The van der Waals surface area contributed by atoms with Crippen LogP contribution in [0.1, 0.15) is 113 Å². The molecule has 0 aliphatic heterocycles. The Morgan fingerprint density at radius 2 is 1.05 bits per heavy atom. The van der Waals surface area contributed by atoms with E-state index in [0.29, 0.717) is 0 Å². The number of rotatable bonds is 14. The lowest BCUT2D eigenvalue weighted by molar-refractivity contribution is 0.242. The van der Waals surface area contributed by atoms with Crippen LogP contribution in [0, 0.1) is 29.6 Å². The average Bonchev–Trinajstić information content (AvgIpc) is 2.53. The zero-order valence-corrected chi connectivity index (χ0v) is 17.0. The SMILES string of the molecule is CCC(C)CCCCC(C)CC(CCC(C)CC)C(C)CC. The molecule has 0 saturated heterocycles. The van der Waals surface area contributed by atoms with Crippen LogP contribution in [-0.2, 0) is 0 Å². The Kier molecular flexibility index (Phi) is 13.4. The van der Waals surface area contributed by atoms with Crippen LogP contribution < -0.4 is 0 Å². The topological polar surface area (TPSA) is 0 Å². The second kappa shape index (κ2) is 13.4. The molecule has 5 atom stereocenters. The Morgan fingerprint density at radius 1 is 0.545 bits per heavy atom. The number of hydrogen-bond donors (Lipinski definition) is 0. The highest BCUT2D eigenvalue weighted by atomic mass is 14.2. The first kappa shape index (κ1) is 22.0. The summed E-state index contributed by atoms with van der Waals surface area (Å²) in [6.45, 7) is 16.8. The molecule has 0 aromatic rings. The fourth-order valence-electron chi connectivity index (χ4n) is 3.50. The van der Waals surface area contributed by atoms with Gasteiger partial charge in [0.1, 0.15) is 0 Å². The maximum Gasteiger partial charge on any atom is -0.0386 e. The first-order valence-electron chi connectivity index (χ1n) is 10.4. The van der Waals surface area contributed by atoms with Gasteiger partial charge in [0, 0.05) is 0 Å². The maximum atomic E-state index is 2.50. The van der Waals surface area contributed by atoms with Gasteiger partial charge in [-0.2, -0.15) is 0 Å². The Labute approximate surface area is 142 Å². The van der Waals surface area contributed by atoms with Gasteiger partial charge in [-0.3, -0.25) is 0 Å². The normalized spacial score (nSPS) is 18.7. The molecule has 0 aliphatic carbocycles. The predicted octanol–water partition coefficient (Wildman–Crippen LogP) is 8.11. The van der Waals surface area contributed by atoms with Crippen molar-refractivity contribution < 1.29 is 0 Å². The second-order valence-corrected chi connectivity index (χ2v) is 8.38. The molecule has 5 unspecified atom stereocenters. The van der Waals surface area contributed by atoms with Crippen molar-refractivity contribution in [3.05, 3.63) is 0 Å². The van der Waals surface area contributed by atoms with E-state index >= 15 is 0 Å². The Morgan fingerprint density at radius 3 is 1.55 bits per heavy atom. The van der Waals surface area contributed by atoms with E-state index in [1.54, 1.807) is 0 Å². The molecule has 0 aromatic heterocycles. The van der Waals surface area contributed by atoms with Crippen LogP contribution in [0.25, 0.3) is 0 Å². The fourth-order valence-corrected chi connectivity index (χ4v) is 3.50. The molecule has 0 heterocycles. The predicted molar refractivity (Wildman–Crippen MR) is 103 cm³/mol. The standard InChI is InChI=1S/C22H46/c1-8-18(4)13-11-12-14-20(6)17-22(21(7)10-3)16-15-19(5)9-2/h18-22H,8-17H2,1-7H3. The second-order valence-electron chi connectivity index (χ2n) is 8.38. The smallest absolute Gasteiger partial charge is 0.0386 e. The van der Waals surface area contributed by atoms with Crippen molar-refractivity contribution in [1.29, 1.82) is 0 Å². The third-order valence-corrected chi connectivity index (χ3v) is 6.22. The van der Waals surface area contributed by atoms with Gasteiger partial charge >= 0.3 is 0 Å². The van der Waals surface area contributed by atoms with Gasteiger partial charge in [0.15, 0.2) is 0 Å². The average molecular weight is 311 g/mol. The van der Waals surface area contributed by atoms with E-state index in [9.17, 15) is 0 Å². The van der Waals surface area contributed by atoms with E-state index in [2.05, 4.69) is 48.5 Å². The molecule has 0 aromatic carbocycles. The first-order chi connectivity index (χ1) is 10.4. The third-order valence-electron chi connectivity index (χ3n) is 6.22. The van der Waals surface area contributed by atoms with E-state index < -0.39 is 0 Å². The van der Waals surface area contributed by atoms with Gasteiger partial charge in [-0.1, -0.05) is 99.8 Å². The molecular weight excluding hydrogens is 264 g/mol. The lowest BCUT2D eigenvalue weighted by Gasteiger charge is -2.27. The van der Waals surface area contributed by atoms with Crippen molar-refractivity contribution in [2.24, 2.45) is 29.6 Å². The zero-order valence-electron chi connectivity index (χ0n) is 17.0. The van der Waals surface area contributed by atoms with Crippen LogP contribution in [0.15, 0.2) is 0 Å². The highest BCUT2D eigenvalue weighted by Crippen LogP contribution is 2.31. The third kappa shape index (κ3) is 10.7. The summed E-state index contributed by atoms with van der Waals surface area (Å²) < 4.78 is 0. The molecule has 22 heavy (non-hydrogen) atoms. The fraction of sp³-hybridized carbons (Fsp3) is 1.00. The summed E-state index contributed by atoms with van der Waals surface area (Å²) in [5.74, 6) is 4.64. The van der Waals surface area contributed by atoms with Crippen LogP contribution in [0.4, 0.5) is 0 Å². The quantitative estimate of drug-likeness (QED) is 0.284. The lowest BCUT2D eigenvalue weighted by atomic mass is 9.79. The van der Waals surface area contributed by atoms with Gasteiger partial charge in [0.2, 0.25) is 0 Å². The van der Waals surface area contributed by atoms with Crippen molar-refractivity contribution in [3.8, 4) is 0 Å². The van der Waals surface area contributed by atoms with E-state index in [-0.39, 0.29) is 0 Å². The summed E-state index contributed by atoms with van der Waals surface area (Å²) in [6.07, 6.45) is 14.2. The van der Waals surface area contributed by atoms with Gasteiger partial charge < -0.3 is 0 Å². The van der Waals surface area contributed by atoms with Gasteiger partial charge in [-0.25, -0.2) is 0 Å². The summed E-state index contributed by atoms with van der Waals surface area (Å²) in [7, 11) is 0. The summed E-state index contributed by atoms with van der Waals surface area (Å²) in [6, 6.07) is 0. The summed E-state index contributed by atoms with van der Waals surface area (Å²) in [5, 5.41) is 0. The molecule has 0 radical (unpaired) electrons. The first-order valence-corrected chi connectivity index (χ1v) is 10.4. The summed E-state index contributed by atoms with van der Waals surface area (Å²) in [4.78, 5) is 0. The minimum atomic E-state index is 0.909. The van der Waals surface area contributed by atoms with Crippen molar-refractivity contribution >= 4 is 0 Å². The minimum absolute atomic E-state index is 0.909. The molecule has 0 amide bonds. The zero-order chi connectivity index (χ0) is 17.0. The van der Waals surface area contributed by atoms with Crippen LogP contribution >= 0.6 is 0 Å². The molecule has 0 heteroatoms. The highest BCUT2D eigenvalue weighted by molar-refractivity contribution is 4.70. The van der Waals surface area contributed by atoms with Crippen molar-refractivity contribution in [3.63, 3.8) is 0 Å². The van der Waals surface area contributed by atoms with Crippen LogP contribution in [0.5, 0.6) is 0 Å². The lowest BCUT2D eigenvalue weighted by Crippen LogP contribution is -2.16. The Bertz CT molecular complexity index is 232. The number of unbranched alkanes of at least 4 members (excludes halogenated alkanes) is 1. The van der Waals surface area contributed by atoms with Crippen molar-refractivity contribution in [2.45, 2.75) is 113 Å². The summed E-state index contributed by atoms with van der Waals surface area (Å²) >= 11 is 0. The highest BCUT2D eigenvalue weighted by Gasteiger charge is 2.19. The van der Waals surface area contributed by atoms with E-state index in [0.717, 1.165) is 29.6 Å². The van der Waals surface area contributed by atoms with Crippen molar-refractivity contribution in [2.75, 3.05) is 0 Å². The molecular formula is C22H46. The van der Waals surface area contributed by atoms with Gasteiger partial charge in [-0.15, -0.1) is 0 Å². The van der Waals surface area contributed by atoms with Crippen molar-refractivity contribution in [1.82, 2.24) is 0 Å².